The average molecular weight is 473 g/mol. The lowest BCUT2D eigenvalue weighted by Crippen LogP contribution is -2.42. The fraction of sp³-hybridized carbons (Fsp3) is 0.417. The molecule has 1 saturated heterocycles. The number of nitrogens with zero attached hydrogens (tertiary/aromatic N) is 2. The van der Waals surface area contributed by atoms with Crippen LogP contribution >= 0.6 is 0 Å². The zero-order valence-corrected chi connectivity index (χ0v) is 19.4. The van der Waals surface area contributed by atoms with Crippen LogP contribution in [0.2, 0.25) is 0 Å². The minimum atomic E-state index is -4.02. The Balaban J connectivity index is 1.66. The third-order valence-corrected chi connectivity index (χ3v) is 8.14. The highest BCUT2D eigenvalue weighted by Crippen LogP contribution is 2.36. The first-order valence-corrected chi connectivity index (χ1v) is 12.5. The first kappa shape index (κ1) is 23.3. The quantitative estimate of drug-likeness (QED) is 0.654. The van der Waals surface area contributed by atoms with Crippen molar-refractivity contribution in [3.8, 4) is 5.75 Å². The van der Waals surface area contributed by atoms with Crippen LogP contribution in [0.4, 0.5) is 5.69 Å². The molecule has 2 aliphatic heterocycles. The number of anilines is 1. The maximum atomic E-state index is 13.6. The Morgan fingerprint density at radius 3 is 2.76 bits per heavy atom. The van der Waals surface area contributed by atoms with Crippen molar-refractivity contribution in [3.05, 3.63) is 53.9 Å². The predicted molar refractivity (Wildman–Crippen MR) is 124 cm³/mol. The number of hydrogen-bond donors (Lipinski definition) is 1. The van der Waals surface area contributed by atoms with Crippen LogP contribution in [0.3, 0.4) is 0 Å². The summed E-state index contributed by atoms with van der Waals surface area (Å²) >= 11 is 0. The molecule has 1 fully saturated rings. The lowest BCUT2D eigenvalue weighted by molar-refractivity contribution is 0.0490. The van der Waals surface area contributed by atoms with E-state index in [2.05, 4.69) is 11.6 Å². The Labute approximate surface area is 193 Å². The van der Waals surface area contributed by atoms with E-state index in [0.29, 0.717) is 37.6 Å². The van der Waals surface area contributed by atoms with Crippen molar-refractivity contribution in [2.75, 3.05) is 24.1 Å². The number of ether oxygens (including phenoxy) is 2. The first-order valence-electron chi connectivity index (χ1n) is 11.0. The molecule has 0 aliphatic carbocycles. The molecule has 2 aliphatic rings. The summed E-state index contributed by atoms with van der Waals surface area (Å²) < 4.78 is 39.7. The van der Waals surface area contributed by atoms with Gasteiger partial charge in [-0.05, 0) is 74.4 Å². The molecule has 1 aromatic carbocycles. The van der Waals surface area contributed by atoms with Crippen LogP contribution in [-0.4, -0.2) is 50.3 Å². The molecule has 0 unspecified atom stereocenters. The van der Waals surface area contributed by atoms with Crippen LogP contribution in [0, 0.1) is 5.92 Å². The normalized spacial score (nSPS) is 19.1. The standard InChI is InChI=1S/C24H28N2O6S/c1-3-19-12-18-5-4-16(2)26(22(18)14-25-19)33(29,30)20-6-7-23(21(13-20)24(27)28)32-15-17-8-10-31-11-9-17/h3,6-7,12-14,16-17H,1,4-5,8-11,15H2,2H3,(H,27,28)/t16-/m0/s1. The summed E-state index contributed by atoms with van der Waals surface area (Å²) in [6, 6.07) is 5.57. The molecule has 0 amide bonds. The van der Waals surface area contributed by atoms with E-state index in [4.69, 9.17) is 9.47 Å². The molecule has 0 bridgehead atoms. The van der Waals surface area contributed by atoms with E-state index in [9.17, 15) is 18.3 Å². The maximum Gasteiger partial charge on any atom is 0.339 e. The molecule has 3 heterocycles. The van der Waals surface area contributed by atoms with Crippen LogP contribution in [0.15, 0.2) is 41.9 Å². The van der Waals surface area contributed by atoms with Gasteiger partial charge in [0.15, 0.2) is 0 Å². The second-order valence-electron chi connectivity index (χ2n) is 8.46. The van der Waals surface area contributed by atoms with Crippen LogP contribution in [0.5, 0.6) is 5.75 Å². The van der Waals surface area contributed by atoms with Gasteiger partial charge in [0.25, 0.3) is 10.0 Å². The zero-order chi connectivity index (χ0) is 23.6. The molecule has 1 atom stereocenters. The third-order valence-electron chi connectivity index (χ3n) is 6.22. The van der Waals surface area contributed by atoms with Crippen LogP contribution in [-0.2, 0) is 21.2 Å². The molecule has 0 saturated carbocycles. The summed E-state index contributed by atoms with van der Waals surface area (Å²) in [6.07, 6.45) is 6.24. The minimum Gasteiger partial charge on any atom is -0.492 e. The van der Waals surface area contributed by atoms with E-state index < -0.39 is 16.0 Å². The van der Waals surface area contributed by atoms with Crippen molar-refractivity contribution >= 4 is 27.8 Å². The van der Waals surface area contributed by atoms with Gasteiger partial charge in [0.2, 0.25) is 0 Å². The highest BCUT2D eigenvalue weighted by molar-refractivity contribution is 7.92. The number of carboxylic acid groups (broad SMARTS) is 1. The van der Waals surface area contributed by atoms with Gasteiger partial charge in [-0.25, -0.2) is 13.2 Å². The Morgan fingerprint density at radius 1 is 1.30 bits per heavy atom. The fourth-order valence-corrected chi connectivity index (χ4v) is 6.04. The summed E-state index contributed by atoms with van der Waals surface area (Å²) in [5.74, 6) is -0.793. The van der Waals surface area contributed by atoms with E-state index in [-0.39, 0.29) is 28.2 Å². The van der Waals surface area contributed by atoms with Gasteiger partial charge in [-0.15, -0.1) is 0 Å². The smallest absolute Gasteiger partial charge is 0.339 e. The Morgan fingerprint density at radius 2 is 2.06 bits per heavy atom. The molecule has 0 spiro atoms. The number of carboxylic acids is 1. The van der Waals surface area contributed by atoms with Crippen molar-refractivity contribution in [2.24, 2.45) is 5.92 Å². The molecule has 2 aromatic rings. The molecule has 176 valence electrons. The number of benzene rings is 1. The average Bonchev–Trinajstić information content (AvgIpc) is 2.82. The number of pyridine rings is 1. The number of hydrogen-bond acceptors (Lipinski definition) is 6. The second-order valence-corrected chi connectivity index (χ2v) is 10.3. The maximum absolute atomic E-state index is 13.6. The van der Waals surface area contributed by atoms with Gasteiger partial charge >= 0.3 is 5.97 Å². The van der Waals surface area contributed by atoms with E-state index in [1.807, 2.05) is 13.0 Å². The highest BCUT2D eigenvalue weighted by Gasteiger charge is 2.35. The van der Waals surface area contributed by atoms with Crippen LogP contribution in [0.1, 0.15) is 47.8 Å². The van der Waals surface area contributed by atoms with Gasteiger partial charge in [-0.3, -0.25) is 9.29 Å². The number of rotatable bonds is 7. The SMILES string of the molecule is C=Cc1cc2c(cn1)N(S(=O)(=O)c1ccc(OCC3CCOCC3)c(C(=O)O)c1)[C@@H](C)CC2. The van der Waals surface area contributed by atoms with Crippen molar-refractivity contribution in [3.63, 3.8) is 0 Å². The van der Waals surface area contributed by atoms with Crippen LogP contribution < -0.4 is 9.04 Å². The Bertz CT molecular complexity index is 1160. The molecule has 1 aromatic heterocycles. The van der Waals surface area contributed by atoms with Gasteiger partial charge in [-0.2, -0.15) is 0 Å². The number of aromatic nitrogens is 1. The van der Waals surface area contributed by atoms with Crippen molar-refractivity contribution in [1.82, 2.24) is 4.98 Å². The summed E-state index contributed by atoms with van der Waals surface area (Å²) in [6.45, 7) is 7.25. The van der Waals surface area contributed by atoms with Gasteiger partial charge in [0.05, 0.1) is 29.1 Å². The summed E-state index contributed by atoms with van der Waals surface area (Å²) in [5.41, 5.74) is 1.89. The number of carbonyl (C=O) groups is 1. The van der Waals surface area contributed by atoms with E-state index in [0.717, 1.165) is 24.8 Å². The Hall–Kier alpha value is -2.91. The van der Waals surface area contributed by atoms with E-state index in [1.54, 1.807) is 12.3 Å². The highest BCUT2D eigenvalue weighted by atomic mass is 32.2. The van der Waals surface area contributed by atoms with Gasteiger partial charge < -0.3 is 14.6 Å². The summed E-state index contributed by atoms with van der Waals surface area (Å²) in [5, 5.41) is 9.74. The molecule has 1 N–H and O–H groups in total. The van der Waals surface area contributed by atoms with Gasteiger partial charge in [0, 0.05) is 19.3 Å². The third kappa shape index (κ3) is 4.74. The monoisotopic (exact) mass is 472 g/mol. The molecule has 4 rings (SSSR count). The molecular weight excluding hydrogens is 444 g/mol. The van der Waals surface area contributed by atoms with Gasteiger partial charge in [-0.1, -0.05) is 6.58 Å². The topological polar surface area (TPSA) is 106 Å². The van der Waals surface area contributed by atoms with Crippen molar-refractivity contribution < 1.29 is 27.8 Å². The lowest BCUT2D eigenvalue weighted by Gasteiger charge is -2.35. The van der Waals surface area contributed by atoms with Crippen molar-refractivity contribution in [2.45, 2.75) is 43.5 Å². The summed E-state index contributed by atoms with van der Waals surface area (Å²) in [4.78, 5) is 16.1. The molecule has 0 radical (unpaired) electrons. The predicted octanol–water partition coefficient (Wildman–Crippen LogP) is 3.76. The van der Waals surface area contributed by atoms with Gasteiger partial charge in [0.1, 0.15) is 11.3 Å². The largest absolute Gasteiger partial charge is 0.492 e. The number of aromatic carboxylic acids is 1. The number of sulfonamides is 1. The zero-order valence-electron chi connectivity index (χ0n) is 18.6. The number of aryl methyl sites for hydroxylation is 1. The molecular formula is C24H28N2O6S. The van der Waals surface area contributed by atoms with Crippen molar-refractivity contribution in [1.29, 1.82) is 0 Å². The minimum absolute atomic E-state index is 0.0918. The summed E-state index contributed by atoms with van der Waals surface area (Å²) in [7, 11) is -4.02. The number of fused-ring (bicyclic) bond motifs is 1. The van der Waals surface area contributed by atoms with Crippen LogP contribution in [0.25, 0.3) is 6.08 Å². The first-order chi connectivity index (χ1) is 15.8. The van der Waals surface area contributed by atoms with E-state index >= 15 is 0 Å². The molecule has 9 heteroatoms. The molecule has 33 heavy (non-hydrogen) atoms. The second kappa shape index (κ2) is 9.52. The Kier molecular flexibility index (Phi) is 6.71. The van der Waals surface area contributed by atoms with E-state index in [1.165, 1.54) is 22.5 Å². The fourth-order valence-electron chi connectivity index (χ4n) is 4.30. The lowest BCUT2D eigenvalue weighted by atomic mass is 10.00. The molecule has 8 nitrogen and oxygen atoms in total.